The first-order valence-electron chi connectivity index (χ1n) is 19.3. The van der Waals surface area contributed by atoms with Crippen molar-refractivity contribution in [1.29, 1.82) is 0 Å². The molecule has 0 unspecified atom stereocenters. The summed E-state index contributed by atoms with van der Waals surface area (Å²) in [6.07, 6.45) is -5.82. The summed E-state index contributed by atoms with van der Waals surface area (Å²) in [4.78, 5) is 57.0. The number of aliphatic hydroxyl groups is 1. The first kappa shape index (κ1) is 39.9. The second-order valence-corrected chi connectivity index (χ2v) is 15.0. The average molecular weight is 794 g/mol. The number of rotatable bonds is 11. The molecule has 2 aromatic heterocycles. The Morgan fingerprint density at radius 1 is 0.965 bits per heavy atom. The Bertz CT molecular complexity index is 2000. The largest absolute Gasteiger partial charge is 0.490 e. The number of halogens is 3. The molecule has 15 nitrogen and oxygen atoms in total. The van der Waals surface area contributed by atoms with Gasteiger partial charge in [-0.05, 0) is 24.6 Å². The standard InChI is InChI=1S/C39H47F3N10O5/c1-3-30(53)45-28-22-29(32(54)33(28)57-36(55)39(40,41)42)51-24-44-31-34(43-23-27(25-12-6-4-7-13-25)26-14-8-5-9-15-26)46-37(47-35(31)51)52(20-10-11-21-52)48-38(56)50-18-16-49(2)17-19-50/h4-9,12-15,24,27-29,32-33,54H,3,10-11,16-23H2,1-2H3,(H2-,43,45,46,47,48,53,56)/p+1/t28-,29+,32-,33+/m0/s1. The van der Waals surface area contributed by atoms with Crippen molar-refractivity contribution in [3.63, 3.8) is 0 Å². The number of carbonyl (C=O) groups excluding carboxylic acids is 3. The summed E-state index contributed by atoms with van der Waals surface area (Å²) in [6.45, 7) is 5.53. The number of nitrogens with one attached hydrogen (secondary N) is 3. The van der Waals surface area contributed by atoms with Crippen LogP contribution in [-0.4, -0.2) is 130 Å². The molecule has 0 radical (unpaired) electrons. The van der Waals surface area contributed by atoms with E-state index in [1.165, 1.54) is 10.9 Å². The summed E-state index contributed by atoms with van der Waals surface area (Å²) in [5, 5.41) is 17.7. The smallest absolute Gasteiger partial charge is 0.451 e. The lowest BCUT2D eigenvalue weighted by atomic mass is 9.91. The molecule has 18 heteroatoms. The molecule has 0 bridgehead atoms. The molecule has 4 aromatic rings. The Morgan fingerprint density at radius 3 is 2.19 bits per heavy atom. The predicted octanol–water partition coefficient (Wildman–Crippen LogP) is 3.72. The molecule has 57 heavy (non-hydrogen) atoms. The van der Waals surface area contributed by atoms with Gasteiger partial charge in [0.2, 0.25) is 5.91 Å². The fraction of sp³-hybridized carbons (Fsp3) is 0.487. The number of amides is 3. The van der Waals surface area contributed by atoms with E-state index in [0.29, 0.717) is 44.1 Å². The Balaban J connectivity index is 1.30. The number of likely N-dealkylation sites (N-methyl/N-ethyl adjacent to an activating group) is 1. The fourth-order valence-corrected chi connectivity index (χ4v) is 8.02. The van der Waals surface area contributed by atoms with Crippen molar-refractivity contribution in [1.82, 2.24) is 44.7 Å². The van der Waals surface area contributed by atoms with Crippen LogP contribution in [0.4, 0.5) is 29.7 Å². The van der Waals surface area contributed by atoms with Gasteiger partial charge in [0.05, 0.1) is 18.4 Å². The highest BCUT2D eigenvalue weighted by atomic mass is 19.4. The quantitative estimate of drug-likeness (QED) is 0.130. The van der Waals surface area contributed by atoms with E-state index in [-0.39, 0.29) is 41.0 Å². The average Bonchev–Trinajstić information content (AvgIpc) is 3.94. The van der Waals surface area contributed by atoms with Crippen LogP contribution in [0.25, 0.3) is 11.2 Å². The van der Waals surface area contributed by atoms with Crippen LogP contribution < -0.4 is 20.7 Å². The van der Waals surface area contributed by atoms with Gasteiger partial charge < -0.3 is 34.8 Å². The van der Waals surface area contributed by atoms with Gasteiger partial charge in [-0.1, -0.05) is 67.6 Å². The second kappa shape index (κ2) is 16.6. The number of hydrogen-bond acceptors (Lipinski definition) is 10. The highest BCUT2D eigenvalue weighted by molar-refractivity contribution is 5.85. The maximum atomic E-state index is 13.8. The lowest BCUT2D eigenvalue weighted by Crippen LogP contribution is -2.64. The van der Waals surface area contributed by atoms with Crippen LogP contribution in [-0.2, 0) is 14.3 Å². The number of urea groups is 1. The van der Waals surface area contributed by atoms with Gasteiger partial charge in [-0.15, -0.1) is 0 Å². The summed E-state index contributed by atoms with van der Waals surface area (Å²) in [5.41, 5.74) is 5.91. The minimum Gasteiger partial charge on any atom is -0.451 e. The third-order valence-electron chi connectivity index (χ3n) is 11.2. The number of hydrogen-bond donors (Lipinski definition) is 4. The SMILES string of the molecule is CCC(=O)N[C@H]1C[C@@H](n2cnc3c(NCC(c4ccccc4)c4ccccc4)nc([N+]4(NC(=O)N5CCN(C)CC5)CCCC4)nc32)[C@H](O)[C@@H]1OC(=O)C(F)(F)F. The van der Waals surface area contributed by atoms with Gasteiger partial charge in [-0.2, -0.15) is 33.2 Å². The van der Waals surface area contributed by atoms with E-state index in [9.17, 15) is 32.7 Å². The molecule has 1 aliphatic carbocycles. The highest BCUT2D eigenvalue weighted by Gasteiger charge is 2.51. The molecule has 304 valence electrons. The summed E-state index contributed by atoms with van der Waals surface area (Å²) >= 11 is 0. The minimum atomic E-state index is -5.32. The van der Waals surface area contributed by atoms with Crippen molar-refractivity contribution in [3.8, 4) is 0 Å². The maximum Gasteiger partial charge on any atom is 0.490 e. The number of esters is 1. The molecule has 3 fully saturated rings. The molecule has 0 spiro atoms. The van der Waals surface area contributed by atoms with Crippen molar-refractivity contribution in [2.75, 3.05) is 58.2 Å². The maximum absolute atomic E-state index is 13.8. The van der Waals surface area contributed by atoms with Gasteiger partial charge in [0.15, 0.2) is 23.1 Å². The number of nitrogens with zero attached hydrogens (tertiary/aromatic N) is 7. The van der Waals surface area contributed by atoms with Gasteiger partial charge in [-0.3, -0.25) is 4.79 Å². The molecule has 3 amide bonds. The van der Waals surface area contributed by atoms with Crippen molar-refractivity contribution in [2.24, 2.45) is 0 Å². The monoisotopic (exact) mass is 793 g/mol. The van der Waals surface area contributed by atoms with Crippen LogP contribution >= 0.6 is 0 Å². The zero-order chi connectivity index (χ0) is 40.3. The van der Waals surface area contributed by atoms with Crippen molar-refractivity contribution in [3.05, 3.63) is 78.1 Å². The summed E-state index contributed by atoms with van der Waals surface area (Å²) in [7, 11) is 2.01. The number of carbonyl (C=O) groups is 3. The van der Waals surface area contributed by atoms with E-state index in [2.05, 4.69) is 25.9 Å². The number of piperazine rings is 1. The first-order valence-corrected chi connectivity index (χ1v) is 19.3. The molecule has 4 atom stereocenters. The van der Waals surface area contributed by atoms with Crippen LogP contribution in [0.5, 0.6) is 0 Å². The van der Waals surface area contributed by atoms with Crippen molar-refractivity contribution < 1.29 is 37.4 Å². The zero-order valence-corrected chi connectivity index (χ0v) is 31.9. The number of quaternary nitrogens is 1. The number of aromatic nitrogens is 4. The molecule has 2 aromatic carbocycles. The van der Waals surface area contributed by atoms with Gasteiger partial charge in [0.25, 0.3) is 0 Å². The van der Waals surface area contributed by atoms with Crippen LogP contribution in [0.2, 0.25) is 0 Å². The number of fused-ring (bicyclic) bond motifs is 1. The summed E-state index contributed by atoms with van der Waals surface area (Å²) < 4.78 is 46.5. The topological polar surface area (TPSA) is 167 Å². The Morgan fingerprint density at radius 2 is 1.60 bits per heavy atom. The second-order valence-electron chi connectivity index (χ2n) is 15.0. The zero-order valence-electron chi connectivity index (χ0n) is 31.9. The molecular weight excluding hydrogens is 745 g/mol. The van der Waals surface area contributed by atoms with Gasteiger partial charge in [-0.25, -0.2) is 14.6 Å². The lowest BCUT2D eigenvalue weighted by molar-refractivity contribution is -0.209. The molecule has 2 aliphatic heterocycles. The lowest BCUT2D eigenvalue weighted by Gasteiger charge is -2.36. The molecular formula is C39H48F3N10O5+. The van der Waals surface area contributed by atoms with Gasteiger partial charge >= 0.3 is 24.1 Å². The van der Waals surface area contributed by atoms with Gasteiger partial charge in [0.1, 0.15) is 19.2 Å². The molecule has 4 N–H and O–H groups in total. The minimum absolute atomic E-state index is 0.0175. The Kier molecular flexibility index (Phi) is 11.6. The summed E-state index contributed by atoms with van der Waals surface area (Å²) in [6, 6.07) is 17.6. The fourth-order valence-electron chi connectivity index (χ4n) is 8.02. The Hall–Kier alpha value is -5.33. The van der Waals surface area contributed by atoms with Crippen molar-refractivity contribution >= 4 is 40.8 Å². The predicted molar refractivity (Wildman–Crippen MR) is 205 cm³/mol. The number of aliphatic hydroxyl groups excluding tert-OH is 1. The summed E-state index contributed by atoms with van der Waals surface area (Å²) in [5.74, 6) is -2.45. The Labute approximate surface area is 327 Å². The van der Waals surface area contributed by atoms with Gasteiger partial charge in [0, 0.05) is 57.9 Å². The van der Waals surface area contributed by atoms with E-state index in [1.807, 2.05) is 67.7 Å². The van der Waals surface area contributed by atoms with E-state index < -0.39 is 42.3 Å². The molecule has 3 aliphatic rings. The molecule has 4 heterocycles. The van der Waals surface area contributed by atoms with E-state index in [0.717, 1.165) is 37.1 Å². The van der Waals surface area contributed by atoms with Crippen LogP contribution in [0.15, 0.2) is 67.0 Å². The number of alkyl halides is 3. The number of ether oxygens (including phenoxy) is 1. The van der Waals surface area contributed by atoms with Crippen LogP contribution in [0.1, 0.15) is 55.7 Å². The highest BCUT2D eigenvalue weighted by Crippen LogP contribution is 2.38. The third kappa shape index (κ3) is 8.52. The third-order valence-corrected chi connectivity index (χ3v) is 11.2. The van der Waals surface area contributed by atoms with Crippen molar-refractivity contribution in [2.45, 2.75) is 69.0 Å². The van der Waals surface area contributed by atoms with E-state index >= 15 is 0 Å². The molecule has 7 rings (SSSR count). The number of imidazole rings is 1. The normalized spacial score (nSPS) is 22.5. The van der Waals surface area contributed by atoms with E-state index in [1.54, 1.807) is 11.8 Å². The van der Waals surface area contributed by atoms with Crippen LogP contribution in [0, 0.1) is 0 Å². The molecule has 2 saturated heterocycles. The number of anilines is 1. The molecule has 1 saturated carbocycles. The van der Waals surface area contributed by atoms with E-state index in [4.69, 9.17) is 14.7 Å². The first-order chi connectivity index (χ1) is 27.4. The number of benzene rings is 2. The van der Waals surface area contributed by atoms with Crippen LogP contribution in [0.3, 0.4) is 0 Å².